The lowest BCUT2D eigenvalue weighted by Gasteiger charge is -2.21. The Kier molecular flexibility index (Phi) is 4.73. The van der Waals surface area contributed by atoms with Gasteiger partial charge in [0.2, 0.25) is 0 Å². The van der Waals surface area contributed by atoms with Crippen LogP contribution < -0.4 is 5.32 Å². The van der Waals surface area contributed by atoms with Crippen molar-refractivity contribution in [3.8, 4) is 0 Å². The van der Waals surface area contributed by atoms with Gasteiger partial charge in [-0.05, 0) is 40.5 Å². The van der Waals surface area contributed by atoms with Crippen LogP contribution in [0.15, 0.2) is 16.8 Å². The molecule has 96 valence electrons. The molecular formula is C13H22N2O2. The molecule has 0 spiro atoms. The van der Waals surface area contributed by atoms with Crippen LogP contribution in [0.25, 0.3) is 0 Å². The molecular weight excluding hydrogens is 216 g/mol. The number of alkyl carbamates (subject to hydrolysis) is 1. The third kappa shape index (κ3) is 5.52. The van der Waals surface area contributed by atoms with Crippen LogP contribution in [0.5, 0.6) is 0 Å². The van der Waals surface area contributed by atoms with Crippen molar-refractivity contribution in [1.29, 1.82) is 0 Å². The summed E-state index contributed by atoms with van der Waals surface area (Å²) in [7, 11) is 0. The van der Waals surface area contributed by atoms with Crippen LogP contribution >= 0.6 is 0 Å². The molecule has 4 nitrogen and oxygen atoms in total. The number of carbonyl (C=O) groups is 1. The van der Waals surface area contributed by atoms with E-state index in [4.69, 9.17) is 4.74 Å². The van der Waals surface area contributed by atoms with Gasteiger partial charge in [-0.3, -0.25) is 10.3 Å². The van der Waals surface area contributed by atoms with Gasteiger partial charge in [-0.25, -0.2) is 4.79 Å². The number of nitrogens with one attached hydrogen (secondary N) is 1. The number of amides is 1. The Morgan fingerprint density at radius 3 is 2.65 bits per heavy atom. The number of hydrogen-bond donors (Lipinski definition) is 1. The van der Waals surface area contributed by atoms with E-state index in [1.165, 1.54) is 5.71 Å². The second-order valence-electron chi connectivity index (χ2n) is 5.10. The third-order valence-electron chi connectivity index (χ3n) is 2.31. The Balaban J connectivity index is 2.44. The highest BCUT2D eigenvalue weighted by Gasteiger charge is 2.18. The molecule has 1 aliphatic carbocycles. The van der Waals surface area contributed by atoms with E-state index in [-0.39, 0.29) is 6.09 Å². The van der Waals surface area contributed by atoms with Gasteiger partial charge in [0.15, 0.2) is 0 Å². The smallest absolute Gasteiger partial charge is 0.411 e. The maximum atomic E-state index is 11.5. The SMILES string of the molecule is CCN=C1CC=C(NC(=O)OC(C)(C)C)CC1. The van der Waals surface area contributed by atoms with Crippen molar-refractivity contribution in [3.63, 3.8) is 0 Å². The molecule has 1 rings (SSSR count). The molecule has 0 atom stereocenters. The van der Waals surface area contributed by atoms with E-state index in [9.17, 15) is 4.79 Å². The highest BCUT2D eigenvalue weighted by Crippen LogP contribution is 2.15. The largest absolute Gasteiger partial charge is 0.444 e. The van der Waals surface area contributed by atoms with E-state index in [1.807, 2.05) is 33.8 Å². The normalized spacial score (nSPS) is 18.8. The minimum atomic E-state index is -0.450. The van der Waals surface area contributed by atoms with Gasteiger partial charge in [0.1, 0.15) is 5.60 Å². The predicted molar refractivity (Wildman–Crippen MR) is 69.3 cm³/mol. The zero-order chi connectivity index (χ0) is 12.9. The van der Waals surface area contributed by atoms with Crippen molar-refractivity contribution < 1.29 is 9.53 Å². The zero-order valence-electron chi connectivity index (χ0n) is 11.2. The summed E-state index contributed by atoms with van der Waals surface area (Å²) in [5.74, 6) is 0. The number of hydrogen-bond acceptors (Lipinski definition) is 3. The molecule has 1 amide bonds. The summed E-state index contributed by atoms with van der Waals surface area (Å²) in [5, 5.41) is 2.78. The van der Waals surface area contributed by atoms with Gasteiger partial charge in [-0.2, -0.15) is 0 Å². The molecule has 0 aliphatic heterocycles. The molecule has 0 aromatic rings. The van der Waals surface area contributed by atoms with Crippen LogP contribution in [-0.2, 0) is 4.74 Å². The van der Waals surface area contributed by atoms with Gasteiger partial charge >= 0.3 is 6.09 Å². The van der Waals surface area contributed by atoms with Crippen LogP contribution in [0.2, 0.25) is 0 Å². The first-order valence-electron chi connectivity index (χ1n) is 6.12. The lowest BCUT2D eigenvalue weighted by atomic mass is 10.0. The number of rotatable bonds is 2. The van der Waals surface area contributed by atoms with Gasteiger partial charge in [0, 0.05) is 24.4 Å². The first-order chi connectivity index (χ1) is 7.90. The number of allylic oxidation sites excluding steroid dienone is 2. The van der Waals surface area contributed by atoms with Crippen molar-refractivity contribution in [1.82, 2.24) is 5.32 Å². The molecule has 0 aromatic heterocycles. The maximum Gasteiger partial charge on any atom is 0.411 e. The first-order valence-corrected chi connectivity index (χ1v) is 6.12. The summed E-state index contributed by atoms with van der Waals surface area (Å²) in [6, 6.07) is 0. The fourth-order valence-corrected chi connectivity index (χ4v) is 1.64. The average molecular weight is 238 g/mol. The zero-order valence-corrected chi connectivity index (χ0v) is 11.2. The molecule has 0 bridgehead atoms. The molecule has 1 N–H and O–H groups in total. The van der Waals surface area contributed by atoms with Crippen molar-refractivity contribution in [3.05, 3.63) is 11.8 Å². The highest BCUT2D eigenvalue weighted by atomic mass is 16.6. The Morgan fingerprint density at radius 2 is 2.18 bits per heavy atom. The van der Waals surface area contributed by atoms with Crippen LogP contribution in [-0.4, -0.2) is 24.0 Å². The van der Waals surface area contributed by atoms with Gasteiger partial charge in [-0.15, -0.1) is 0 Å². The molecule has 17 heavy (non-hydrogen) atoms. The summed E-state index contributed by atoms with van der Waals surface area (Å²) < 4.78 is 5.19. The molecule has 0 unspecified atom stereocenters. The van der Waals surface area contributed by atoms with E-state index in [2.05, 4.69) is 10.3 Å². The van der Waals surface area contributed by atoms with Crippen molar-refractivity contribution in [2.24, 2.45) is 4.99 Å². The second-order valence-corrected chi connectivity index (χ2v) is 5.10. The van der Waals surface area contributed by atoms with Crippen LogP contribution in [0.1, 0.15) is 47.0 Å². The van der Waals surface area contributed by atoms with E-state index < -0.39 is 5.60 Å². The van der Waals surface area contributed by atoms with Gasteiger partial charge in [-0.1, -0.05) is 6.08 Å². The minimum Gasteiger partial charge on any atom is -0.444 e. The summed E-state index contributed by atoms with van der Waals surface area (Å²) in [6.45, 7) is 8.43. The summed E-state index contributed by atoms with van der Waals surface area (Å²) in [4.78, 5) is 15.9. The van der Waals surface area contributed by atoms with Crippen molar-refractivity contribution in [2.75, 3.05) is 6.54 Å². The Bertz CT molecular complexity index is 338. The molecule has 0 saturated heterocycles. The maximum absolute atomic E-state index is 11.5. The quantitative estimate of drug-likeness (QED) is 0.803. The Labute approximate surface area is 103 Å². The number of ether oxygens (including phenoxy) is 1. The third-order valence-corrected chi connectivity index (χ3v) is 2.31. The molecule has 0 heterocycles. The number of nitrogens with zero attached hydrogens (tertiary/aromatic N) is 1. The summed E-state index contributed by atoms with van der Waals surface area (Å²) >= 11 is 0. The highest BCUT2D eigenvalue weighted by molar-refractivity contribution is 5.87. The monoisotopic (exact) mass is 238 g/mol. The fraction of sp³-hybridized carbons (Fsp3) is 0.692. The lowest BCUT2D eigenvalue weighted by Crippen LogP contribution is -2.32. The minimum absolute atomic E-state index is 0.375. The summed E-state index contributed by atoms with van der Waals surface area (Å²) in [5.41, 5.74) is 1.70. The molecule has 0 radical (unpaired) electrons. The second kappa shape index (κ2) is 5.84. The van der Waals surface area contributed by atoms with Crippen molar-refractivity contribution >= 4 is 11.8 Å². The lowest BCUT2D eigenvalue weighted by molar-refractivity contribution is 0.0544. The average Bonchev–Trinajstić information content (AvgIpc) is 2.18. The molecule has 0 aromatic carbocycles. The van der Waals surface area contributed by atoms with E-state index in [0.717, 1.165) is 31.5 Å². The van der Waals surface area contributed by atoms with Crippen LogP contribution in [0, 0.1) is 0 Å². The van der Waals surface area contributed by atoms with E-state index >= 15 is 0 Å². The number of aliphatic imine (C=N–C) groups is 1. The Hall–Kier alpha value is -1.32. The van der Waals surface area contributed by atoms with Crippen LogP contribution in [0.3, 0.4) is 0 Å². The summed E-state index contributed by atoms with van der Waals surface area (Å²) in [6.07, 6.45) is 4.23. The van der Waals surface area contributed by atoms with Gasteiger partial charge in [0.25, 0.3) is 0 Å². The first kappa shape index (κ1) is 13.7. The number of carbonyl (C=O) groups excluding carboxylic acids is 1. The van der Waals surface area contributed by atoms with Crippen LogP contribution in [0.4, 0.5) is 4.79 Å². The fourth-order valence-electron chi connectivity index (χ4n) is 1.64. The van der Waals surface area contributed by atoms with E-state index in [1.54, 1.807) is 0 Å². The van der Waals surface area contributed by atoms with Gasteiger partial charge < -0.3 is 4.74 Å². The predicted octanol–water partition coefficient (Wildman–Crippen LogP) is 3.04. The topological polar surface area (TPSA) is 50.7 Å². The van der Waals surface area contributed by atoms with Gasteiger partial charge in [0.05, 0.1) is 0 Å². The molecule has 0 saturated carbocycles. The van der Waals surface area contributed by atoms with Crippen molar-refractivity contribution in [2.45, 2.75) is 52.6 Å². The Morgan fingerprint density at radius 1 is 1.47 bits per heavy atom. The standard InChI is InChI=1S/C13H22N2O2/c1-5-14-10-6-8-11(9-7-10)15-12(16)17-13(2,3)4/h8H,5-7,9H2,1-4H3,(H,15,16). The molecule has 0 fully saturated rings. The van der Waals surface area contributed by atoms with E-state index in [0.29, 0.717) is 0 Å². The molecule has 4 heteroatoms. The molecule has 1 aliphatic rings.